The van der Waals surface area contributed by atoms with Crippen LogP contribution in [0.2, 0.25) is 0 Å². The lowest BCUT2D eigenvalue weighted by Crippen LogP contribution is -2.44. The lowest BCUT2D eigenvalue weighted by molar-refractivity contribution is -0.134. The minimum Gasteiger partial charge on any atom is -0.338 e. The van der Waals surface area contributed by atoms with E-state index in [0.717, 1.165) is 13.1 Å². The Morgan fingerprint density at radius 3 is 1.78 bits per heavy atom. The number of nitrogens with zero attached hydrogens (tertiary/aromatic N) is 1. The van der Waals surface area contributed by atoms with Gasteiger partial charge < -0.3 is 4.90 Å². The summed E-state index contributed by atoms with van der Waals surface area (Å²) >= 11 is 0. The van der Waals surface area contributed by atoms with Crippen LogP contribution in [0.4, 0.5) is 0 Å². The molecule has 4 atom stereocenters. The van der Waals surface area contributed by atoms with Gasteiger partial charge in [-0.05, 0) is 28.5 Å². The molecule has 1 saturated heterocycles. The van der Waals surface area contributed by atoms with Crippen LogP contribution in [0.15, 0.2) is 91.0 Å². The number of rotatable bonds is 4. The smallest absolute Gasteiger partial charge is 0.227 e. The molecule has 3 aromatic carbocycles. The molecule has 2 nitrogen and oxygen atoms in total. The maximum absolute atomic E-state index is 13.3. The molecule has 0 bridgehead atoms. The maximum Gasteiger partial charge on any atom is 0.227 e. The highest BCUT2D eigenvalue weighted by atomic mass is 16.2. The van der Waals surface area contributed by atoms with E-state index in [4.69, 9.17) is 0 Å². The molecular formula is C25H23NO. The molecule has 1 aliphatic heterocycles. The molecule has 0 radical (unpaired) electrons. The zero-order valence-corrected chi connectivity index (χ0v) is 15.2. The molecular weight excluding hydrogens is 330 g/mol. The summed E-state index contributed by atoms with van der Waals surface area (Å²) in [6, 6.07) is 31.7. The third-order valence-electron chi connectivity index (χ3n) is 6.31. The number of carbonyl (C=O) groups is 1. The fourth-order valence-electron chi connectivity index (χ4n) is 5.12. The van der Waals surface area contributed by atoms with Crippen molar-refractivity contribution in [1.29, 1.82) is 0 Å². The molecule has 134 valence electrons. The maximum atomic E-state index is 13.3. The third-order valence-corrected chi connectivity index (χ3v) is 6.31. The Kier molecular flexibility index (Phi) is 4.05. The lowest BCUT2D eigenvalue weighted by Gasteiger charge is -2.47. The van der Waals surface area contributed by atoms with Crippen LogP contribution in [-0.4, -0.2) is 17.4 Å². The average Bonchev–Trinajstić information content (AvgIpc) is 2.96. The van der Waals surface area contributed by atoms with Crippen LogP contribution in [0.25, 0.3) is 0 Å². The Balaban J connectivity index is 1.47. The summed E-state index contributed by atoms with van der Waals surface area (Å²) in [4.78, 5) is 15.3. The van der Waals surface area contributed by atoms with Crippen LogP contribution in [0.3, 0.4) is 0 Å². The van der Waals surface area contributed by atoms with Crippen LogP contribution in [0, 0.1) is 11.8 Å². The Labute approximate surface area is 160 Å². The summed E-state index contributed by atoms with van der Waals surface area (Å²) in [5.74, 6) is 1.55. The van der Waals surface area contributed by atoms with Crippen molar-refractivity contribution in [3.05, 3.63) is 108 Å². The first-order valence-corrected chi connectivity index (χ1v) is 9.75. The third kappa shape index (κ3) is 2.76. The van der Waals surface area contributed by atoms with Crippen molar-refractivity contribution in [2.24, 2.45) is 11.8 Å². The molecule has 5 rings (SSSR count). The Bertz CT molecular complexity index is 922. The lowest BCUT2D eigenvalue weighted by atomic mass is 9.54. The molecule has 0 unspecified atom stereocenters. The molecule has 0 aromatic heterocycles. The molecule has 1 saturated carbocycles. The molecule has 2 heteroatoms. The van der Waals surface area contributed by atoms with Crippen LogP contribution in [0.5, 0.6) is 0 Å². The van der Waals surface area contributed by atoms with Gasteiger partial charge in [0.2, 0.25) is 5.91 Å². The summed E-state index contributed by atoms with van der Waals surface area (Å²) in [5, 5.41) is 0. The summed E-state index contributed by atoms with van der Waals surface area (Å²) in [6.07, 6.45) is 0. The molecule has 1 aliphatic carbocycles. The molecule has 0 spiro atoms. The monoisotopic (exact) mass is 353 g/mol. The highest BCUT2D eigenvalue weighted by Crippen LogP contribution is 2.61. The van der Waals surface area contributed by atoms with Gasteiger partial charge in [0.25, 0.3) is 0 Å². The van der Waals surface area contributed by atoms with Crippen molar-refractivity contribution in [1.82, 2.24) is 4.90 Å². The van der Waals surface area contributed by atoms with E-state index in [1.54, 1.807) is 0 Å². The fraction of sp³-hybridized carbons (Fsp3) is 0.240. The Hall–Kier alpha value is -2.87. The van der Waals surface area contributed by atoms with Gasteiger partial charge in [-0.25, -0.2) is 0 Å². The standard InChI is InChI=1S/C25H23NO/c27-25-24-21(17-26(25)16-18-10-4-1-5-11-18)22(19-12-6-2-7-13-19)23(24)20-14-8-3-9-15-20/h1-15,21-24H,16-17H2/t21-,22-,23-,24-/m0/s1. The first-order valence-electron chi connectivity index (χ1n) is 9.75. The van der Waals surface area contributed by atoms with E-state index in [1.165, 1.54) is 16.7 Å². The van der Waals surface area contributed by atoms with E-state index in [9.17, 15) is 4.79 Å². The quantitative estimate of drug-likeness (QED) is 0.657. The van der Waals surface area contributed by atoms with E-state index in [-0.39, 0.29) is 11.8 Å². The van der Waals surface area contributed by atoms with E-state index in [0.29, 0.717) is 17.7 Å². The topological polar surface area (TPSA) is 20.3 Å². The molecule has 2 aliphatic rings. The second-order valence-corrected chi connectivity index (χ2v) is 7.77. The minimum absolute atomic E-state index is 0.112. The van der Waals surface area contributed by atoms with Crippen LogP contribution < -0.4 is 0 Å². The molecule has 27 heavy (non-hydrogen) atoms. The first kappa shape index (κ1) is 16.3. The van der Waals surface area contributed by atoms with E-state index >= 15 is 0 Å². The van der Waals surface area contributed by atoms with Crippen molar-refractivity contribution >= 4 is 5.91 Å². The van der Waals surface area contributed by atoms with Crippen molar-refractivity contribution in [2.45, 2.75) is 18.4 Å². The van der Waals surface area contributed by atoms with Gasteiger partial charge in [-0.15, -0.1) is 0 Å². The number of hydrogen-bond donors (Lipinski definition) is 0. The minimum atomic E-state index is 0.112. The number of amides is 1. The summed E-state index contributed by atoms with van der Waals surface area (Å²) in [6.45, 7) is 1.58. The van der Waals surface area contributed by atoms with Crippen molar-refractivity contribution < 1.29 is 4.79 Å². The SMILES string of the molecule is O=C1[C@H]2[C@@H](CN1Cc1ccccc1)[C@H](c1ccccc1)[C@@H]2c1ccccc1. The average molecular weight is 353 g/mol. The van der Waals surface area contributed by atoms with Gasteiger partial charge in [0, 0.05) is 19.0 Å². The molecule has 3 aromatic rings. The van der Waals surface area contributed by atoms with Gasteiger partial charge in [0.1, 0.15) is 0 Å². The molecule has 1 heterocycles. The number of benzene rings is 3. The normalized spacial score (nSPS) is 26.5. The number of hydrogen-bond acceptors (Lipinski definition) is 1. The van der Waals surface area contributed by atoms with Gasteiger partial charge >= 0.3 is 0 Å². The van der Waals surface area contributed by atoms with E-state index < -0.39 is 0 Å². The second kappa shape index (κ2) is 6.70. The van der Waals surface area contributed by atoms with Crippen LogP contribution in [-0.2, 0) is 11.3 Å². The number of carbonyl (C=O) groups excluding carboxylic acids is 1. The zero-order chi connectivity index (χ0) is 18.2. The highest BCUT2D eigenvalue weighted by Gasteiger charge is 2.59. The van der Waals surface area contributed by atoms with Gasteiger partial charge in [-0.1, -0.05) is 91.0 Å². The second-order valence-electron chi connectivity index (χ2n) is 7.77. The predicted octanol–water partition coefficient (Wildman–Crippen LogP) is 4.84. The Morgan fingerprint density at radius 2 is 1.19 bits per heavy atom. The van der Waals surface area contributed by atoms with Crippen molar-refractivity contribution in [3.8, 4) is 0 Å². The van der Waals surface area contributed by atoms with Crippen LogP contribution in [0.1, 0.15) is 28.5 Å². The largest absolute Gasteiger partial charge is 0.338 e. The molecule has 2 fully saturated rings. The van der Waals surface area contributed by atoms with E-state index in [1.807, 2.05) is 18.2 Å². The molecule has 0 N–H and O–H groups in total. The molecule has 1 amide bonds. The van der Waals surface area contributed by atoms with E-state index in [2.05, 4.69) is 77.7 Å². The predicted molar refractivity (Wildman–Crippen MR) is 107 cm³/mol. The van der Waals surface area contributed by atoms with Crippen molar-refractivity contribution in [3.63, 3.8) is 0 Å². The van der Waals surface area contributed by atoms with Crippen LogP contribution >= 0.6 is 0 Å². The van der Waals surface area contributed by atoms with Crippen molar-refractivity contribution in [2.75, 3.05) is 6.54 Å². The first-order chi connectivity index (χ1) is 13.3. The summed E-state index contributed by atoms with van der Waals surface area (Å²) in [5.41, 5.74) is 3.86. The van der Waals surface area contributed by atoms with Gasteiger partial charge in [-0.3, -0.25) is 4.79 Å². The zero-order valence-electron chi connectivity index (χ0n) is 15.2. The number of fused-ring (bicyclic) bond motifs is 1. The van der Waals surface area contributed by atoms with Gasteiger partial charge in [-0.2, -0.15) is 0 Å². The fourth-order valence-corrected chi connectivity index (χ4v) is 5.12. The Morgan fingerprint density at radius 1 is 0.667 bits per heavy atom. The summed E-state index contributed by atoms with van der Waals surface area (Å²) < 4.78 is 0. The summed E-state index contributed by atoms with van der Waals surface area (Å²) in [7, 11) is 0. The van der Waals surface area contributed by atoms with Gasteiger partial charge in [0.15, 0.2) is 0 Å². The number of likely N-dealkylation sites (tertiary alicyclic amines) is 1. The van der Waals surface area contributed by atoms with Gasteiger partial charge in [0.05, 0.1) is 5.92 Å². The highest BCUT2D eigenvalue weighted by molar-refractivity contribution is 5.85.